The minimum Gasteiger partial charge on any atom is -0.481 e. The van der Waals surface area contributed by atoms with Gasteiger partial charge in [0.05, 0.1) is 11.8 Å². The summed E-state index contributed by atoms with van der Waals surface area (Å²) in [6.45, 7) is 0.497. The second-order valence-electron chi connectivity index (χ2n) is 6.39. The molecular weight excluding hydrogens is 270 g/mol. The predicted octanol–water partition coefficient (Wildman–Crippen LogP) is 1.83. The molecular formula is C16H21NO4. The number of carboxylic acid groups (broad SMARTS) is 1. The van der Waals surface area contributed by atoms with Crippen molar-refractivity contribution in [2.24, 2.45) is 23.7 Å². The first-order valence-electron chi connectivity index (χ1n) is 7.85. The molecule has 0 spiro atoms. The Labute approximate surface area is 124 Å². The summed E-state index contributed by atoms with van der Waals surface area (Å²) in [7, 11) is 0. The number of hydrogen-bond donors (Lipinski definition) is 1. The quantitative estimate of drug-likeness (QED) is 0.441. The van der Waals surface area contributed by atoms with Crippen LogP contribution in [0.1, 0.15) is 38.5 Å². The van der Waals surface area contributed by atoms with Crippen molar-refractivity contribution >= 4 is 17.8 Å². The number of imide groups is 1. The largest absolute Gasteiger partial charge is 0.481 e. The van der Waals surface area contributed by atoms with Gasteiger partial charge in [0.2, 0.25) is 11.8 Å². The van der Waals surface area contributed by atoms with Gasteiger partial charge in [-0.1, -0.05) is 25.0 Å². The summed E-state index contributed by atoms with van der Waals surface area (Å²) in [5.41, 5.74) is 0. The van der Waals surface area contributed by atoms with Crippen LogP contribution in [0, 0.1) is 23.7 Å². The molecule has 1 N–H and O–H groups in total. The van der Waals surface area contributed by atoms with E-state index < -0.39 is 5.97 Å². The number of carbonyl (C=O) groups excluding carboxylic acids is 2. The topological polar surface area (TPSA) is 74.7 Å². The maximum Gasteiger partial charge on any atom is 0.303 e. The Morgan fingerprint density at radius 3 is 2.19 bits per heavy atom. The zero-order valence-corrected chi connectivity index (χ0v) is 12.0. The fraction of sp³-hybridized carbons (Fsp3) is 0.688. The normalized spacial score (nSPS) is 33.0. The summed E-state index contributed by atoms with van der Waals surface area (Å²) >= 11 is 0. The van der Waals surface area contributed by atoms with E-state index in [2.05, 4.69) is 12.2 Å². The highest BCUT2D eigenvalue weighted by molar-refractivity contribution is 6.06. The van der Waals surface area contributed by atoms with E-state index in [4.69, 9.17) is 5.11 Å². The Morgan fingerprint density at radius 2 is 1.62 bits per heavy atom. The molecule has 21 heavy (non-hydrogen) atoms. The first-order chi connectivity index (χ1) is 10.1. The summed E-state index contributed by atoms with van der Waals surface area (Å²) in [6.07, 6.45) is 8.51. The highest BCUT2D eigenvalue weighted by Gasteiger charge is 2.58. The Kier molecular flexibility index (Phi) is 3.83. The molecule has 2 amide bonds. The van der Waals surface area contributed by atoms with Gasteiger partial charge in [0.25, 0.3) is 0 Å². The molecule has 0 aromatic carbocycles. The molecule has 1 saturated heterocycles. The number of amides is 2. The smallest absolute Gasteiger partial charge is 0.303 e. The second kappa shape index (κ2) is 5.62. The number of allylic oxidation sites excluding steroid dienone is 2. The molecule has 2 aliphatic carbocycles. The van der Waals surface area contributed by atoms with E-state index in [1.54, 1.807) is 0 Å². The number of fused-ring (bicyclic) bond motifs is 5. The minimum absolute atomic E-state index is 0.0207. The van der Waals surface area contributed by atoms with Crippen LogP contribution in [0.5, 0.6) is 0 Å². The molecule has 114 valence electrons. The minimum atomic E-state index is -0.768. The average molecular weight is 291 g/mol. The number of nitrogens with zero attached hydrogens (tertiary/aromatic N) is 1. The second-order valence-corrected chi connectivity index (χ2v) is 6.39. The van der Waals surface area contributed by atoms with Crippen LogP contribution in [0.2, 0.25) is 0 Å². The molecule has 0 aromatic rings. The number of likely N-dealkylation sites (tertiary alicyclic amines) is 1. The number of hydrogen-bond acceptors (Lipinski definition) is 3. The standard InChI is InChI=1S/C16H21NO4/c18-12(19)5-3-1-2-4-8-17-15(20)13-10-6-7-11(9-10)14(13)16(17)21/h6-7,10-11,13-14H,1-5,8-9H2,(H,18,19). The maximum atomic E-state index is 12.4. The van der Waals surface area contributed by atoms with Crippen molar-refractivity contribution in [2.45, 2.75) is 38.5 Å². The summed E-state index contributed by atoms with van der Waals surface area (Å²) < 4.78 is 0. The molecule has 4 unspecified atom stereocenters. The fourth-order valence-electron chi connectivity index (χ4n) is 4.08. The first kappa shape index (κ1) is 14.3. The number of aliphatic carboxylic acids is 1. The van der Waals surface area contributed by atoms with Gasteiger partial charge in [-0.2, -0.15) is 0 Å². The van der Waals surface area contributed by atoms with Gasteiger partial charge in [0.15, 0.2) is 0 Å². The highest BCUT2D eigenvalue weighted by Crippen LogP contribution is 2.52. The van der Waals surface area contributed by atoms with Gasteiger partial charge in [-0.3, -0.25) is 19.3 Å². The van der Waals surface area contributed by atoms with Gasteiger partial charge in [-0.15, -0.1) is 0 Å². The van der Waals surface area contributed by atoms with Crippen LogP contribution >= 0.6 is 0 Å². The maximum absolute atomic E-state index is 12.4. The molecule has 0 aromatic heterocycles. The zero-order chi connectivity index (χ0) is 15.0. The van der Waals surface area contributed by atoms with Crippen LogP contribution in [0.3, 0.4) is 0 Å². The third kappa shape index (κ3) is 2.49. The van der Waals surface area contributed by atoms with Crippen molar-refractivity contribution in [1.82, 2.24) is 4.90 Å². The molecule has 1 aliphatic heterocycles. The first-order valence-corrected chi connectivity index (χ1v) is 7.85. The molecule has 0 radical (unpaired) electrons. The number of carbonyl (C=O) groups is 3. The van der Waals surface area contributed by atoms with Crippen LogP contribution in [0.15, 0.2) is 12.2 Å². The molecule has 3 rings (SSSR count). The summed E-state index contributed by atoms with van der Waals surface area (Å²) in [4.78, 5) is 36.6. The lowest BCUT2D eigenvalue weighted by molar-refractivity contribution is -0.141. The average Bonchev–Trinajstić information content (AvgIpc) is 3.10. The van der Waals surface area contributed by atoms with E-state index in [0.717, 1.165) is 25.7 Å². The van der Waals surface area contributed by atoms with Crippen molar-refractivity contribution in [3.63, 3.8) is 0 Å². The van der Waals surface area contributed by atoms with E-state index >= 15 is 0 Å². The number of unbranched alkanes of at least 4 members (excludes halogenated alkanes) is 3. The van der Waals surface area contributed by atoms with Gasteiger partial charge in [-0.05, 0) is 31.1 Å². The predicted molar refractivity (Wildman–Crippen MR) is 75.2 cm³/mol. The van der Waals surface area contributed by atoms with Crippen LogP contribution in [0.25, 0.3) is 0 Å². The molecule has 5 nitrogen and oxygen atoms in total. The van der Waals surface area contributed by atoms with E-state index in [0.29, 0.717) is 13.0 Å². The van der Waals surface area contributed by atoms with Crippen LogP contribution in [0.4, 0.5) is 0 Å². The number of carboxylic acids is 1. The van der Waals surface area contributed by atoms with Gasteiger partial charge < -0.3 is 5.11 Å². The summed E-state index contributed by atoms with van der Waals surface area (Å²) in [6, 6.07) is 0. The molecule has 2 bridgehead atoms. The van der Waals surface area contributed by atoms with Gasteiger partial charge in [0.1, 0.15) is 0 Å². The van der Waals surface area contributed by atoms with E-state index in [9.17, 15) is 14.4 Å². The Morgan fingerprint density at radius 1 is 1.05 bits per heavy atom. The van der Waals surface area contributed by atoms with Crippen molar-refractivity contribution in [1.29, 1.82) is 0 Å². The molecule has 4 atom stereocenters. The van der Waals surface area contributed by atoms with E-state index in [1.807, 2.05) is 0 Å². The lowest BCUT2D eigenvalue weighted by Gasteiger charge is -2.16. The molecule has 5 heteroatoms. The van der Waals surface area contributed by atoms with Gasteiger partial charge >= 0.3 is 5.97 Å². The molecule has 1 heterocycles. The van der Waals surface area contributed by atoms with Crippen LogP contribution in [-0.4, -0.2) is 34.3 Å². The SMILES string of the molecule is O=C(O)CCCCCCN1C(=O)C2C3C=CC(C3)C2C1=O. The van der Waals surface area contributed by atoms with Crippen molar-refractivity contribution < 1.29 is 19.5 Å². The van der Waals surface area contributed by atoms with Crippen LogP contribution in [-0.2, 0) is 14.4 Å². The lowest BCUT2D eigenvalue weighted by atomic mass is 9.85. The van der Waals surface area contributed by atoms with Crippen LogP contribution < -0.4 is 0 Å². The van der Waals surface area contributed by atoms with Crippen molar-refractivity contribution in [3.8, 4) is 0 Å². The van der Waals surface area contributed by atoms with Crippen molar-refractivity contribution in [2.75, 3.05) is 6.54 Å². The van der Waals surface area contributed by atoms with Gasteiger partial charge in [-0.25, -0.2) is 0 Å². The Hall–Kier alpha value is -1.65. The van der Waals surface area contributed by atoms with Gasteiger partial charge in [0, 0.05) is 13.0 Å². The fourth-order valence-corrected chi connectivity index (χ4v) is 4.08. The summed E-state index contributed by atoms with van der Waals surface area (Å²) in [5.74, 6) is -0.372. The third-order valence-corrected chi connectivity index (χ3v) is 5.08. The molecule has 1 saturated carbocycles. The van der Waals surface area contributed by atoms with Crippen molar-refractivity contribution in [3.05, 3.63) is 12.2 Å². The third-order valence-electron chi connectivity index (χ3n) is 5.08. The molecule has 3 aliphatic rings. The molecule has 2 fully saturated rings. The highest BCUT2D eigenvalue weighted by atomic mass is 16.4. The number of rotatable bonds is 7. The zero-order valence-electron chi connectivity index (χ0n) is 12.0. The Balaban J connectivity index is 1.46. The lowest BCUT2D eigenvalue weighted by Crippen LogP contribution is -2.33. The Bertz CT molecular complexity index is 469. The van der Waals surface area contributed by atoms with E-state index in [1.165, 1.54) is 4.90 Å². The van der Waals surface area contributed by atoms with E-state index in [-0.39, 0.29) is 41.9 Å². The summed E-state index contributed by atoms with van der Waals surface area (Å²) in [5, 5.41) is 8.56. The monoisotopic (exact) mass is 291 g/mol.